The Morgan fingerprint density at radius 2 is 1.84 bits per heavy atom. The largest absolute Gasteiger partial charge is 0.338 e. The first-order valence-electron chi connectivity index (χ1n) is 10.6. The van der Waals surface area contributed by atoms with Crippen LogP contribution in [0.1, 0.15) is 26.7 Å². The normalized spacial score (nSPS) is 11.2. The number of pyridine rings is 2. The van der Waals surface area contributed by atoms with Crippen molar-refractivity contribution in [2.45, 2.75) is 26.7 Å². The number of anilines is 1. The van der Waals surface area contributed by atoms with Crippen molar-refractivity contribution in [1.82, 2.24) is 20.2 Å². The van der Waals surface area contributed by atoms with Crippen LogP contribution >= 0.6 is 23.2 Å². The molecule has 1 aromatic carbocycles. The molecule has 2 heterocycles. The van der Waals surface area contributed by atoms with Crippen molar-refractivity contribution in [3.05, 3.63) is 52.5 Å². The molecule has 0 aliphatic heterocycles. The molecule has 0 spiro atoms. The van der Waals surface area contributed by atoms with Crippen molar-refractivity contribution in [1.29, 1.82) is 0 Å². The molecule has 6 nitrogen and oxygen atoms in total. The molecule has 0 aliphatic carbocycles. The van der Waals surface area contributed by atoms with Crippen LogP contribution in [0.5, 0.6) is 0 Å². The van der Waals surface area contributed by atoms with Crippen molar-refractivity contribution in [3.8, 4) is 11.1 Å². The van der Waals surface area contributed by atoms with E-state index in [0.29, 0.717) is 38.6 Å². The highest BCUT2D eigenvalue weighted by molar-refractivity contribution is 6.39. The Balaban J connectivity index is 1.79. The second kappa shape index (κ2) is 11.4. The van der Waals surface area contributed by atoms with Gasteiger partial charge in [-0.1, -0.05) is 43.1 Å². The quantitative estimate of drug-likeness (QED) is 0.293. The molecule has 0 bridgehead atoms. The number of carbonyl (C=O) groups excluding carboxylic acids is 1. The summed E-state index contributed by atoms with van der Waals surface area (Å²) in [6, 6.07) is 7.69. The van der Waals surface area contributed by atoms with Gasteiger partial charge in [0.2, 0.25) is 5.95 Å². The summed E-state index contributed by atoms with van der Waals surface area (Å²) >= 11 is 12.8. The predicted octanol–water partition coefficient (Wildman–Crippen LogP) is 5.99. The third kappa shape index (κ3) is 6.06. The smallest absolute Gasteiger partial charge is 0.320 e. The molecule has 2 aromatic heterocycles. The van der Waals surface area contributed by atoms with E-state index in [4.69, 9.17) is 23.2 Å². The standard InChI is InChI=1S/C23H26Cl2FN5O/c1-3-31(4-2)11-6-5-10-27-23(32)30-22-16(21-17(24)8-7-9-18(21)25)12-15-14-28-20(26)13-19(15)29-22/h7-9,12-14H,3-6,10-11H2,1-2H3,(H2,27,29,30,32). The molecule has 0 unspecified atom stereocenters. The minimum atomic E-state index is -0.655. The minimum absolute atomic E-state index is 0.235. The zero-order valence-electron chi connectivity index (χ0n) is 18.1. The number of aromatic nitrogens is 2. The van der Waals surface area contributed by atoms with Crippen molar-refractivity contribution in [2.75, 3.05) is 31.5 Å². The Kier molecular flexibility index (Phi) is 8.61. The molecule has 0 atom stereocenters. The highest BCUT2D eigenvalue weighted by Gasteiger charge is 2.17. The Bertz CT molecular complexity index is 1070. The molecule has 9 heteroatoms. The molecular formula is C23H26Cl2FN5O. The van der Waals surface area contributed by atoms with Gasteiger partial charge in [-0.05, 0) is 50.7 Å². The number of halogens is 3. The van der Waals surface area contributed by atoms with E-state index in [9.17, 15) is 9.18 Å². The summed E-state index contributed by atoms with van der Waals surface area (Å²) in [6.45, 7) is 7.83. The fourth-order valence-corrected chi connectivity index (χ4v) is 4.04. The van der Waals surface area contributed by atoms with Gasteiger partial charge in [-0.3, -0.25) is 5.32 Å². The molecule has 32 heavy (non-hydrogen) atoms. The van der Waals surface area contributed by atoms with E-state index in [1.54, 1.807) is 24.3 Å². The fourth-order valence-electron chi connectivity index (χ4n) is 3.44. The maximum atomic E-state index is 13.6. The first-order valence-corrected chi connectivity index (χ1v) is 11.4. The van der Waals surface area contributed by atoms with Gasteiger partial charge in [0.15, 0.2) is 0 Å². The third-order valence-electron chi connectivity index (χ3n) is 5.21. The first kappa shape index (κ1) is 24.2. The van der Waals surface area contributed by atoms with Crippen LogP contribution < -0.4 is 10.6 Å². The molecule has 3 aromatic rings. The number of urea groups is 1. The summed E-state index contributed by atoms with van der Waals surface area (Å²) < 4.78 is 13.6. The van der Waals surface area contributed by atoms with Crippen LogP contribution in [0.2, 0.25) is 10.0 Å². The topological polar surface area (TPSA) is 70.2 Å². The summed E-state index contributed by atoms with van der Waals surface area (Å²) in [7, 11) is 0. The Morgan fingerprint density at radius 3 is 2.53 bits per heavy atom. The number of nitrogens with zero attached hydrogens (tertiary/aromatic N) is 3. The highest BCUT2D eigenvalue weighted by Crippen LogP contribution is 2.39. The number of hydrogen-bond acceptors (Lipinski definition) is 4. The highest BCUT2D eigenvalue weighted by atomic mass is 35.5. The molecule has 0 fully saturated rings. The molecule has 2 amide bonds. The van der Waals surface area contributed by atoms with E-state index < -0.39 is 12.0 Å². The van der Waals surface area contributed by atoms with Gasteiger partial charge < -0.3 is 10.2 Å². The molecule has 0 aliphatic rings. The summed E-state index contributed by atoms with van der Waals surface area (Å²) in [5.41, 5.74) is 1.42. The molecular weight excluding hydrogens is 452 g/mol. The van der Waals surface area contributed by atoms with Gasteiger partial charge in [0.05, 0.1) is 15.6 Å². The lowest BCUT2D eigenvalue weighted by Crippen LogP contribution is -2.31. The van der Waals surface area contributed by atoms with E-state index in [1.807, 2.05) is 0 Å². The van der Waals surface area contributed by atoms with Crippen molar-refractivity contribution < 1.29 is 9.18 Å². The zero-order valence-corrected chi connectivity index (χ0v) is 19.6. The van der Waals surface area contributed by atoms with Crippen molar-refractivity contribution in [2.24, 2.45) is 0 Å². The number of rotatable bonds is 9. The maximum absolute atomic E-state index is 13.6. The number of benzene rings is 1. The molecule has 0 radical (unpaired) electrons. The van der Waals surface area contributed by atoms with Gasteiger partial charge in [-0.15, -0.1) is 0 Å². The van der Waals surface area contributed by atoms with Gasteiger partial charge in [0, 0.05) is 35.3 Å². The Labute approximate surface area is 197 Å². The molecule has 2 N–H and O–H groups in total. The number of unbranched alkanes of at least 4 members (excludes halogenated alkanes) is 1. The average molecular weight is 478 g/mol. The molecule has 0 saturated heterocycles. The van der Waals surface area contributed by atoms with E-state index in [2.05, 4.69) is 39.3 Å². The SMILES string of the molecule is CCN(CC)CCCCNC(=O)Nc1nc2cc(F)ncc2cc1-c1c(Cl)cccc1Cl. The van der Waals surface area contributed by atoms with Crippen LogP contribution in [0.4, 0.5) is 15.0 Å². The number of nitrogens with one attached hydrogen (secondary N) is 2. The van der Waals surface area contributed by atoms with Gasteiger partial charge >= 0.3 is 6.03 Å². The van der Waals surface area contributed by atoms with Crippen LogP contribution in [-0.4, -0.2) is 47.1 Å². The summed E-state index contributed by atoms with van der Waals surface area (Å²) in [6.07, 6.45) is 3.23. The lowest BCUT2D eigenvalue weighted by Gasteiger charge is -2.17. The van der Waals surface area contributed by atoms with Crippen LogP contribution in [0.15, 0.2) is 36.5 Å². The molecule has 0 saturated carbocycles. The molecule has 170 valence electrons. The van der Waals surface area contributed by atoms with Crippen molar-refractivity contribution in [3.63, 3.8) is 0 Å². The number of amides is 2. The fraction of sp³-hybridized carbons (Fsp3) is 0.348. The minimum Gasteiger partial charge on any atom is -0.338 e. The van der Waals surface area contributed by atoms with Gasteiger partial charge in [-0.25, -0.2) is 14.8 Å². The monoisotopic (exact) mass is 477 g/mol. The van der Waals surface area contributed by atoms with Gasteiger partial charge in [0.1, 0.15) is 5.82 Å². The third-order valence-corrected chi connectivity index (χ3v) is 5.84. The van der Waals surface area contributed by atoms with E-state index in [-0.39, 0.29) is 5.82 Å². The summed E-state index contributed by atoms with van der Waals surface area (Å²) in [4.78, 5) is 23.0. The maximum Gasteiger partial charge on any atom is 0.320 e. The Hall–Kier alpha value is -2.48. The average Bonchev–Trinajstić information content (AvgIpc) is 2.76. The van der Waals surface area contributed by atoms with Gasteiger partial charge in [-0.2, -0.15) is 4.39 Å². The second-order valence-corrected chi connectivity index (χ2v) is 8.11. The Morgan fingerprint density at radius 1 is 1.12 bits per heavy atom. The van der Waals surface area contributed by atoms with Crippen LogP contribution in [0.3, 0.4) is 0 Å². The summed E-state index contributed by atoms with van der Waals surface area (Å²) in [5, 5.41) is 7.03. The molecule has 3 rings (SSSR count). The number of hydrogen-bond donors (Lipinski definition) is 2. The lowest BCUT2D eigenvalue weighted by molar-refractivity contribution is 0.251. The second-order valence-electron chi connectivity index (χ2n) is 7.30. The number of carbonyl (C=O) groups is 1. The predicted molar refractivity (Wildman–Crippen MR) is 129 cm³/mol. The van der Waals surface area contributed by atoms with Crippen LogP contribution in [-0.2, 0) is 0 Å². The zero-order chi connectivity index (χ0) is 23.1. The van der Waals surface area contributed by atoms with Crippen LogP contribution in [0.25, 0.3) is 22.0 Å². The number of fused-ring (bicyclic) bond motifs is 1. The van der Waals surface area contributed by atoms with Crippen molar-refractivity contribution >= 4 is 46.0 Å². The van der Waals surface area contributed by atoms with Crippen LogP contribution in [0, 0.1) is 5.95 Å². The van der Waals surface area contributed by atoms with E-state index in [0.717, 1.165) is 32.5 Å². The lowest BCUT2D eigenvalue weighted by atomic mass is 10.0. The summed E-state index contributed by atoms with van der Waals surface area (Å²) in [5.74, 6) is -0.420. The van der Waals surface area contributed by atoms with Gasteiger partial charge in [0.25, 0.3) is 0 Å². The van der Waals surface area contributed by atoms with E-state index in [1.165, 1.54) is 12.3 Å². The first-order chi connectivity index (χ1) is 15.4. The van der Waals surface area contributed by atoms with E-state index >= 15 is 0 Å².